The molecule has 1 aliphatic heterocycles. The van der Waals surface area contributed by atoms with Crippen LogP contribution in [0.2, 0.25) is 10.0 Å². The number of ether oxygens (including phenoxy) is 1. The maximum absolute atomic E-state index is 13.7. The molecule has 3 aromatic carbocycles. The zero-order chi connectivity index (χ0) is 27.5. The maximum atomic E-state index is 13.7. The molecule has 0 radical (unpaired) electrons. The summed E-state index contributed by atoms with van der Waals surface area (Å²) in [5, 5.41) is 4.08. The van der Waals surface area contributed by atoms with Crippen LogP contribution in [0.3, 0.4) is 0 Å². The fourth-order valence-electron chi connectivity index (χ4n) is 6.04. The number of amidine groups is 1. The van der Waals surface area contributed by atoms with Crippen molar-refractivity contribution in [2.24, 2.45) is 4.99 Å². The maximum Gasteiger partial charge on any atom is 0.266 e. The lowest BCUT2D eigenvalue weighted by Gasteiger charge is -2.31. The molecule has 3 fully saturated rings. The highest BCUT2D eigenvalue weighted by Crippen LogP contribution is 2.40. The van der Waals surface area contributed by atoms with Gasteiger partial charge in [-0.1, -0.05) is 98.1 Å². The van der Waals surface area contributed by atoms with E-state index >= 15 is 0 Å². The van der Waals surface area contributed by atoms with Crippen molar-refractivity contribution in [1.29, 1.82) is 0 Å². The fraction of sp³-hybridized carbons (Fsp3) is 0.394. The standard InChI is InChI=1S/C33H34Cl2N2O2S/c34-28-18-23(19-29(35)31(28)39-21-22-15-16-24-9-7-8-10-25(24)17-22)20-30-32(38)37(27-13-5-2-6-14-27)33(40-30)36-26-11-3-1-4-12-26/h7-10,15-20,26-27H,1-6,11-14,21H2. The first-order valence-electron chi connectivity index (χ1n) is 14.5. The molecule has 0 N–H and O–H groups in total. The molecule has 0 aromatic heterocycles. The number of carbonyl (C=O) groups excluding carboxylic acids is 1. The predicted molar refractivity (Wildman–Crippen MR) is 168 cm³/mol. The van der Waals surface area contributed by atoms with Crippen LogP contribution in [0.5, 0.6) is 5.75 Å². The van der Waals surface area contributed by atoms with Crippen molar-refractivity contribution < 1.29 is 9.53 Å². The smallest absolute Gasteiger partial charge is 0.266 e. The Balaban J connectivity index is 1.22. The number of rotatable bonds is 6. The topological polar surface area (TPSA) is 41.9 Å². The van der Waals surface area contributed by atoms with Crippen LogP contribution in [0.25, 0.3) is 16.8 Å². The van der Waals surface area contributed by atoms with E-state index in [1.807, 2.05) is 35.2 Å². The van der Waals surface area contributed by atoms with Gasteiger partial charge in [-0.2, -0.15) is 0 Å². The average Bonchev–Trinajstić information content (AvgIpc) is 3.27. The molecular weight excluding hydrogens is 559 g/mol. The molecule has 1 heterocycles. The number of halogens is 2. The van der Waals surface area contributed by atoms with Crippen LogP contribution in [0.15, 0.2) is 64.5 Å². The Morgan fingerprint density at radius 2 is 1.55 bits per heavy atom. The van der Waals surface area contributed by atoms with E-state index in [-0.39, 0.29) is 11.9 Å². The molecule has 1 amide bonds. The van der Waals surface area contributed by atoms with E-state index in [0.29, 0.717) is 33.3 Å². The summed E-state index contributed by atoms with van der Waals surface area (Å²) in [6.07, 6.45) is 13.5. The highest BCUT2D eigenvalue weighted by atomic mass is 35.5. The van der Waals surface area contributed by atoms with E-state index < -0.39 is 0 Å². The minimum Gasteiger partial charge on any atom is -0.486 e. The number of benzene rings is 3. The van der Waals surface area contributed by atoms with Gasteiger partial charge in [0.1, 0.15) is 6.61 Å². The van der Waals surface area contributed by atoms with Crippen molar-refractivity contribution in [3.8, 4) is 5.75 Å². The average molecular weight is 594 g/mol. The van der Waals surface area contributed by atoms with Gasteiger partial charge in [-0.3, -0.25) is 14.7 Å². The van der Waals surface area contributed by atoms with Gasteiger partial charge >= 0.3 is 0 Å². The summed E-state index contributed by atoms with van der Waals surface area (Å²) in [5.41, 5.74) is 1.82. The Morgan fingerprint density at radius 1 is 0.875 bits per heavy atom. The van der Waals surface area contributed by atoms with Crippen LogP contribution in [0.4, 0.5) is 0 Å². The van der Waals surface area contributed by atoms with Crippen molar-refractivity contribution in [2.75, 3.05) is 0 Å². The fourth-order valence-corrected chi connectivity index (χ4v) is 7.76. The molecule has 0 spiro atoms. The van der Waals surface area contributed by atoms with Gasteiger partial charge in [0, 0.05) is 6.04 Å². The summed E-state index contributed by atoms with van der Waals surface area (Å²) in [6, 6.07) is 18.7. The largest absolute Gasteiger partial charge is 0.486 e. The zero-order valence-corrected chi connectivity index (χ0v) is 24.9. The number of hydrogen-bond donors (Lipinski definition) is 0. The molecule has 1 saturated heterocycles. The van der Waals surface area contributed by atoms with Crippen molar-refractivity contribution in [3.05, 3.63) is 80.7 Å². The van der Waals surface area contributed by atoms with Crippen LogP contribution in [0, 0.1) is 0 Å². The summed E-state index contributed by atoms with van der Waals surface area (Å²) in [7, 11) is 0. The van der Waals surface area contributed by atoms with E-state index in [2.05, 4.69) is 30.3 Å². The molecule has 0 unspecified atom stereocenters. The number of amides is 1. The third-order valence-corrected chi connectivity index (χ3v) is 9.72. The number of nitrogens with zero attached hydrogens (tertiary/aromatic N) is 2. The van der Waals surface area contributed by atoms with Gasteiger partial charge in [-0.25, -0.2) is 0 Å². The summed E-state index contributed by atoms with van der Waals surface area (Å²) in [5.74, 6) is 0.503. The Bertz CT molecular complexity index is 1430. The summed E-state index contributed by atoms with van der Waals surface area (Å²) >= 11 is 14.8. The van der Waals surface area contributed by atoms with Crippen LogP contribution in [0.1, 0.15) is 75.3 Å². The van der Waals surface area contributed by atoms with E-state index in [1.54, 1.807) is 0 Å². The second-order valence-electron chi connectivity index (χ2n) is 11.1. The SMILES string of the molecule is O=C1C(=Cc2cc(Cl)c(OCc3ccc4ccccc4c3)c(Cl)c2)SC(=NC2CCCCC2)N1C1CCCCC1. The molecule has 3 aliphatic rings. The molecule has 2 saturated carbocycles. The first kappa shape index (κ1) is 27.7. The highest BCUT2D eigenvalue weighted by molar-refractivity contribution is 8.18. The molecule has 3 aromatic rings. The van der Waals surface area contributed by atoms with E-state index in [4.69, 9.17) is 32.9 Å². The van der Waals surface area contributed by atoms with E-state index in [9.17, 15) is 4.79 Å². The number of aliphatic imine (C=N–C) groups is 1. The lowest BCUT2D eigenvalue weighted by atomic mass is 9.94. The van der Waals surface area contributed by atoms with Crippen molar-refractivity contribution in [2.45, 2.75) is 82.9 Å². The molecule has 4 nitrogen and oxygen atoms in total. The molecule has 0 atom stereocenters. The summed E-state index contributed by atoms with van der Waals surface area (Å²) in [4.78, 5) is 21.5. The van der Waals surface area contributed by atoms with Gasteiger partial charge in [0.2, 0.25) is 0 Å². The molecule has 40 heavy (non-hydrogen) atoms. The van der Waals surface area contributed by atoms with Gasteiger partial charge in [0.25, 0.3) is 5.91 Å². The van der Waals surface area contributed by atoms with E-state index in [0.717, 1.165) is 47.4 Å². The normalized spacial score (nSPS) is 21.1. The van der Waals surface area contributed by atoms with Gasteiger partial charge in [-0.15, -0.1) is 0 Å². The molecule has 7 heteroatoms. The molecule has 0 bridgehead atoms. The van der Waals surface area contributed by atoms with Crippen LogP contribution < -0.4 is 4.74 Å². The second-order valence-corrected chi connectivity index (χ2v) is 12.9. The number of carbonyl (C=O) groups is 1. The van der Waals surface area contributed by atoms with Gasteiger partial charge in [-0.05, 0) is 83.6 Å². The Morgan fingerprint density at radius 3 is 2.27 bits per heavy atom. The first-order chi connectivity index (χ1) is 19.5. The minimum absolute atomic E-state index is 0.0512. The Kier molecular flexibility index (Phi) is 8.71. The summed E-state index contributed by atoms with van der Waals surface area (Å²) in [6.45, 7) is 0.358. The third kappa shape index (κ3) is 6.22. The van der Waals surface area contributed by atoms with Crippen molar-refractivity contribution in [3.63, 3.8) is 0 Å². The minimum atomic E-state index is 0.0512. The Labute approximate surface area is 250 Å². The van der Waals surface area contributed by atoms with Crippen LogP contribution in [-0.2, 0) is 11.4 Å². The molecule has 6 rings (SSSR count). The second kappa shape index (κ2) is 12.6. The molecule has 208 valence electrons. The van der Waals surface area contributed by atoms with Gasteiger partial charge < -0.3 is 4.74 Å². The lowest BCUT2D eigenvalue weighted by Crippen LogP contribution is -2.41. The monoisotopic (exact) mass is 592 g/mol. The third-order valence-electron chi connectivity index (χ3n) is 8.16. The quantitative estimate of drug-likeness (QED) is 0.267. The van der Waals surface area contributed by atoms with E-state index in [1.165, 1.54) is 55.7 Å². The van der Waals surface area contributed by atoms with Gasteiger partial charge in [0.15, 0.2) is 10.9 Å². The molecular formula is C33H34Cl2N2O2S. The van der Waals surface area contributed by atoms with Crippen molar-refractivity contribution in [1.82, 2.24) is 4.90 Å². The highest BCUT2D eigenvalue weighted by Gasteiger charge is 2.39. The Hall–Kier alpha value is -2.47. The van der Waals surface area contributed by atoms with Crippen LogP contribution >= 0.6 is 35.0 Å². The molecule has 2 aliphatic carbocycles. The number of fused-ring (bicyclic) bond motifs is 1. The van der Waals surface area contributed by atoms with Gasteiger partial charge in [0.05, 0.1) is 21.0 Å². The predicted octanol–water partition coefficient (Wildman–Crippen LogP) is 9.66. The number of thioether (sulfide) groups is 1. The van der Waals surface area contributed by atoms with Crippen LogP contribution in [-0.4, -0.2) is 28.1 Å². The first-order valence-corrected chi connectivity index (χ1v) is 16.0. The zero-order valence-electron chi connectivity index (χ0n) is 22.6. The lowest BCUT2D eigenvalue weighted by molar-refractivity contribution is -0.124. The van der Waals surface area contributed by atoms with Crippen molar-refractivity contribution >= 4 is 62.9 Å². The number of hydrogen-bond acceptors (Lipinski definition) is 4. The summed E-state index contributed by atoms with van der Waals surface area (Å²) < 4.78 is 6.06.